The minimum atomic E-state index is -0.521. The molecule has 1 aromatic rings. The summed E-state index contributed by atoms with van der Waals surface area (Å²) in [6, 6.07) is 5.09. The van der Waals surface area contributed by atoms with Crippen molar-refractivity contribution in [1.29, 1.82) is 0 Å². The molecule has 142 valence electrons. The Morgan fingerprint density at radius 3 is 2.19 bits per heavy atom. The average molecular weight is 357 g/mol. The van der Waals surface area contributed by atoms with Gasteiger partial charge in [0.2, 0.25) is 0 Å². The van der Waals surface area contributed by atoms with Crippen molar-refractivity contribution in [3.05, 3.63) is 64.3 Å². The molecule has 0 atom stereocenters. The Balaban J connectivity index is 2.50. The number of hydrogen-bond acceptors (Lipinski definition) is 3. The zero-order valence-corrected chi connectivity index (χ0v) is 16.8. The van der Waals surface area contributed by atoms with Gasteiger partial charge in [-0.2, -0.15) is 0 Å². The van der Waals surface area contributed by atoms with E-state index >= 15 is 0 Å². The van der Waals surface area contributed by atoms with Crippen molar-refractivity contribution < 1.29 is 14.6 Å². The molecule has 0 aliphatic rings. The van der Waals surface area contributed by atoms with Gasteiger partial charge < -0.3 is 9.84 Å². The second kappa shape index (κ2) is 11.3. The summed E-state index contributed by atoms with van der Waals surface area (Å²) in [7, 11) is 1.31. The highest BCUT2D eigenvalue weighted by atomic mass is 16.5. The predicted octanol–water partition coefficient (Wildman–Crippen LogP) is 6.14. The van der Waals surface area contributed by atoms with Crippen LogP contribution in [0.3, 0.4) is 0 Å². The highest BCUT2D eigenvalue weighted by Crippen LogP contribution is 2.21. The summed E-state index contributed by atoms with van der Waals surface area (Å²) < 4.78 is 4.64. The molecule has 0 aliphatic heterocycles. The zero-order valence-electron chi connectivity index (χ0n) is 16.8. The summed E-state index contributed by atoms with van der Waals surface area (Å²) in [5.74, 6) is -0.553. The van der Waals surface area contributed by atoms with Gasteiger partial charge in [-0.3, -0.25) is 0 Å². The molecular formula is C23H32O3. The molecule has 0 aliphatic carbocycles. The second-order valence-corrected chi connectivity index (χ2v) is 7.01. The van der Waals surface area contributed by atoms with Crippen LogP contribution in [-0.4, -0.2) is 18.2 Å². The predicted molar refractivity (Wildman–Crippen MR) is 109 cm³/mol. The van der Waals surface area contributed by atoms with Gasteiger partial charge >= 0.3 is 5.97 Å². The van der Waals surface area contributed by atoms with Gasteiger partial charge in [0.05, 0.1) is 7.11 Å². The Morgan fingerprint density at radius 1 is 1.00 bits per heavy atom. The van der Waals surface area contributed by atoms with Crippen LogP contribution in [0.15, 0.2) is 53.1 Å². The van der Waals surface area contributed by atoms with Crippen molar-refractivity contribution in [2.75, 3.05) is 7.11 Å². The number of rotatable bonds is 9. The minimum absolute atomic E-state index is 0.0321. The van der Waals surface area contributed by atoms with Crippen LogP contribution < -0.4 is 0 Å². The normalized spacial score (nSPS) is 12.0. The fourth-order valence-corrected chi connectivity index (χ4v) is 2.62. The number of benzene rings is 1. The fraction of sp³-hybridized carbons (Fsp3) is 0.435. The molecule has 0 bridgehead atoms. The lowest BCUT2D eigenvalue weighted by molar-refractivity contribution is 0.0597. The van der Waals surface area contributed by atoms with Gasteiger partial charge in [-0.05, 0) is 77.5 Å². The highest BCUT2D eigenvalue weighted by Gasteiger charge is 2.11. The van der Waals surface area contributed by atoms with E-state index in [1.165, 1.54) is 23.8 Å². The van der Waals surface area contributed by atoms with E-state index in [1.807, 2.05) is 6.07 Å². The molecule has 1 rings (SSSR count). The quantitative estimate of drug-likeness (QED) is 0.427. The molecule has 3 nitrogen and oxygen atoms in total. The van der Waals surface area contributed by atoms with E-state index in [-0.39, 0.29) is 11.3 Å². The molecule has 1 aromatic carbocycles. The van der Waals surface area contributed by atoms with E-state index in [4.69, 9.17) is 0 Å². The van der Waals surface area contributed by atoms with Gasteiger partial charge in [0.15, 0.2) is 0 Å². The molecule has 0 fully saturated rings. The first-order valence-electron chi connectivity index (χ1n) is 9.18. The Bertz CT molecular complexity index is 689. The van der Waals surface area contributed by atoms with Crippen molar-refractivity contribution >= 4 is 5.97 Å². The van der Waals surface area contributed by atoms with Crippen LogP contribution >= 0.6 is 0 Å². The van der Waals surface area contributed by atoms with Gasteiger partial charge in [0.1, 0.15) is 11.3 Å². The maximum atomic E-state index is 11.5. The summed E-state index contributed by atoms with van der Waals surface area (Å²) in [6.07, 6.45) is 11.9. The molecular weight excluding hydrogens is 324 g/mol. The maximum absolute atomic E-state index is 11.5. The van der Waals surface area contributed by atoms with Crippen LogP contribution in [0.2, 0.25) is 0 Å². The minimum Gasteiger partial charge on any atom is -0.507 e. The number of esters is 1. The van der Waals surface area contributed by atoms with Crippen LogP contribution in [0.4, 0.5) is 0 Å². The molecule has 0 unspecified atom stereocenters. The van der Waals surface area contributed by atoms with Crippen LogP contribution in [0.1, 0.15) is 69.3 Å². The van der Waals surface area contributed by atoms with Crippen molar-refractivity contribution in [2.24, 2.45) is 0 Å². The number of phenolic OH excluding ortho intramolecular Hbond substituents is 1. The topological polar surface area (TPSA) is 46.5 Å². The Kier molecular flexibility index (Phi) is 9.50. The number of ether oxygens (including phenoxy) is 1. The second-order valence-electron chi connectivity index (χ2n) is 7.01. The van der Waals surface area contributed by atoms with E-state index in [0.29, 0.717) is 0 Å². The van der Waals surface area contributed by atoms with Gasteiger partial charge in [-0.25, -0.2) is 4.79 Å². The van der Waals surface area contributed by atoms with Crippen molar-refractivity contribution in [3.8, 4) is 5.75 Å². The monoisotopic (exact) mass is 356 g/mol. The van der Waals surface area contributed by atoms with Crippen LogP contribution in [0, 0.1) is 0 Å². The summed E-state index contributed by atoms with van der Waals surface area (Å²) in [6.45, 7) is 8.60. The van der Waals surface area contributed by atoms with Gasteiger partial charge in [-0.15, -0.1) is 0 Å². The van der Waals surface area contributed by atoms with Gasteiger partial charge in [-0.1, -0.05) is 41.0 Å². The summed E-state index contributed by atoms with van der Waals surface area (Å²) in [5, 5.41) is 9.93. The molecule has 26 heavy (non-hydrogen) atoms. The van der Waals surface area contributed by atoms with Crippen LogP contribution in [-0.2, 0) is 11.2 Å². The number of aromatic hydroxyl groups is 1. The number of allylic oxidation sites excluding steroid dienone is 6. The summed E-state index contributed by atoms with van der Waals surface area (Å²) in [5.41, 5.74) is 5.32. The third-order valence-electron chi connectivity index (χ3n) is 4.28. The number of phenols is 1. The van der Waals surface area contributed by atoms with E-state index in [2.05, 4.69) is 50.7 Å². The largest absolute Gasteiger partial charge is 0.507 e. The third kappa shape index (κ3) is 8.19. The van der Waals surface area contributed by atoms with E-state index < -0.39 is 5.97 Å². The molecule has 0 amide bonds. The zero-order chi connectivity index (χ0) is 19.5. The standard InChI is InChI=1S/C23H32O3/c1-17(2)8-6-9-18(3)10-7-11-19(4)12-13-20-14-15-21(22(24)16-20)23(25)26-5/h8,10,12,14-16,24H,6-7,9,11,13H2,1-5H3/b18-10+,19-12+. The van der Waals surface area contributed by atoms with Gasteiger partial charge in [0, 0.05) is 0 Å². The van der Waals surface area contributed by atoms with Crippen molar-refractivity contribution in [3.63, 3.8) is 0 Å². The van der Waals surface area contributed by atoms with Gasteiger partial charge in [0.25, 0.3) is 0 Å². The first-order valence-corrected chi connectivity index (χ1v) is 9.18. The summed E-state index contributed by atoms with van der Waals surface area (Å²) in [4.78, 5) is 11.5. The van der Waals surface area contributed by atoms with E-state index in [1.54, 1.807) is 12.1 Å². The molecule has 0 saturated heterocycles. The molecule has 1 N–H and O–H groups in total. The SMILES string of the molecule is COC(=O)c1ccc(C/C=C(\C)CC/C=C(\C)CCC=C(C)C)cc1O. The highest BCUT2D eigenvalue weighted by molar-refractivity contribution is 5.92. The Morgan fingerprint density at radius 2 is 1.62 bits per heavy atom. The first kappa shape index (κ1) is 21.8. The van der Waals surface area contributed by atoms with Crippen LogP contribution in [0.25, 0.3) is 0 Å². The molecule has 0 radical (unpaired) electrons. The molecule has 0 saturated carbocycles. The summed E-state index contributed by atoms with van der Waals surface area (Å²) >= 11 is 0. The molecule has 0 spiro atoms. The van der Waals surface area contributed by atoms with Crippen LogP contribution in [0.5, 0.6) is 5.75 Å². The van der Waals surface area contributed by atoms with E-state index in [9.17, 15) is 9.90 Å². The Hall–Kier alpha value is -2.29. The number of carbonyl (C=O) groups excluding carboxylic acids is 1. The number of hydrogen-bond donors (Lipinski definition) is 1. The lowest BCUT2D eigenvalue weighted by Gasteiger charge is -2.05. The smallest absolute Gasteiger partial charge is 0.341 e. The van der Waals surface area contributed by atoms with E-state index in [0.717, 1.165) is 37.7 Å². The maximum Gasteiger partial charge on any atom is 0.341 e. The first-order chi connectivity index (χ1) is 12.3. The molecule has 0 aromatic heterocycles. The number of methoxy groups -OCH3 is 1. The lowest BCUT2D eigenvalue weighted by atomic mass is 10.0. The van der Waals surface area contributed by atoms with Crippen molar-refractivity contribution in [2.45, 2.75) is 59.8 Å². The van der Waals surface area contributed by atoms with Crippen molar-refractivity contribution in [1.82, 2.24) is 0 Å². The fourth-order valence-electron chi connectivity index (χ4n) is 2.62. The lowest BCUT2D eigenvalue weighted by Crippen LogP contribution is -2.01. The number of carbonyl (C=O) groups is 1. The molecule has 0 heterocycles. The average Bonchev–Trinajstić information content (AvgIpc) is 2.59. The molecule has 3 heteroatoms. The third-order valence-corrected chi connectivity index (χ3v) is 4.28. The Labute approximate surface area is 158 Å².